The summed E-state index contributed by atoms with van der Waals surface area (Å²) in [5, 5.41) is 0. The van der Waals surface area contributed by atoms with E-state index in [1.165, 1.54) is 35.2 Å². The van der Waals surface area contributed by atoms with Crippen LogP contribution in [0, 0.1) is 20.8 Å². The highest BCUT2D eigenvalue weighted by atomic mass is 16.6. The van der Waals surface area contributed by atoms with Crippen molar-refractivity contribution in [1.29, 1.82) is 0 Å². The fourth-order valence-electron chi connectivity index (χ4n) is 3.04. The van der Waals surface area contributed by atoms with Gasteiger partial charge in [0.05, 0.1) is 12.6 Å². The standard InChI is InChI=1S/C14H22N2O/c1-10-7-11(2)14(12(3)8-10)16-6-4-5-13(16)9-17-15/h7-8,13H,4-6,9,15H2,1-3H3. The number of nitrogens with zero attached hydrogens (tertiary/aromatic N) is 1. The van der Waals surface area contributed by atoms with Crippen LogP contribution in [-0.4, -0.2) is 19.2 Å². The zero-order chi connectivity index (χ0) is 12.4. The van der Waals surface area contributed by atoms with Crippen LogP contribution in [0.15, 0.2) is 12.1 Å². The quantitative estimate of drug-likeness (QED) is 0.817. The number of hydrogen-bond donors (Lipinski definition) is 1. The largest absolute Gasteiger partial charge is 0.366 e. The molecule has 1 aliphatic rings. The van der Waals surface area contributed by atoms with Crippen LogP contribution in [0.25, 0.3) is 0 Å². The van der Waals surface area contributed by atoms with Crippen molar-refractivity contribution in [3.8, 4) is 0 Å². The minimum atomic E-state index is 0.431. The van der Waals surface area contributed by atoms with Gasteiger partial charge in [0.1, 0.15) is 0 Å². The predicted molar refractivity (Wildman–Crippen MR) is 71.2 cm³/mol. The Morgan fingerprint density at radius 2 is 1.94 bits per heavy atom. The van der Waals surface area contributed by atoms with E-state index in [0.29, 0.717) is 12.6 Å². The summed E-state index contributed by atoms with van der Waals surface area (Å²) in [4.78, 5) is 7.29. The van der Waals surface area contributed by atoms with Gasteiger partial charge in [-0.25, -0.2) is 5.90 Å². The topological polar surface area (TPSA) is 38.5 Å². The van der Waals surface area contributed by atoms with E-state index in [1.807, 2.05) is 0 Å². The van der Waals surface area contributed by atoms with Crippen LogP contribution in [0.1, 0.15) is 29.5 Å². The summed E-state index contributed by atoms with van der Waals surface area (Å²) in [6, 6.07) is 4.93. The Hall–Kier alpha value is -1.06. The van der Waals surface area contributed by atoms with Crippen molar-refractivity contribution in [2.45, 2.75) is 39.7 Å². The summed E-state index contributed by atoms with van der Waals surface area (Å²) >= 11 is 0. The van der Waals surface area contributed by atoms with E-state index in [-0.39, 0.29) is 0 Å². The Kier molecular flexibility index (Phi) is 3.69. The van der Waals surface area contributed by atoms with Gasteiger partial charge in [0.15, 0.2) is 0 Å². The number of nitrogens with two attached hydrogens (primary N) is 1. The molecule has 2 N–H and O–H groups in total. The molecule has 17 heavy (non-hydrogen) atoms. The van der Waals surface area contributed by atoms with Gasteiger partial charge in [0, 0.05) is 12.2 Å². The highest BCUT2D eigenvalue weighted by Gasteiger charge is 2.26. The third-order valence-corrected chi connectivity index (χ3v) is 3.59. The molecule has 0 aromatic heterocycles. The first-order chi connectivity index (χ1) is 8.13. The lowest BCUT2D eigenvalue weighted by Crippen LogP contribution is -2.35. The molecule has 1 atom stereocenters. The Morgan fingerprint density at radius 3 is 2.53 bits per heavy atom. The predicted octanol–water partition coefficient (Wildman–Crippen LogP) is 2.47. The minimum absolute atomic E-state index is 0.431. The molecule has 0 bridgehead atoms. The monoisotopic (exact) mass is 234 g/mol. The highest BCUT2D eigenvalue weighted by molar-refractivity contribution is 5.61. The van der Waals surface area contributed by atoms with E-state index in [4.69, 9.17) is 10.7 Å². The molecule has 1 aromatic carbocycles. The van der Waals surface area contributed by atoms with Crippen LogP contribution in [0.3, 0.4) is 0 Å². The van der Waals surface area contributed by atoms with Crippen LogP contribution >= 0.6 is 0 Å². The molecule has 1 fully saturated rings. The molecule has 0 aliphatic carbocycles. The van der Waals surface area contributed by atoms with Crippen molar-refractivity contribution in [2.24, 2.45) is 5.90 Å². The Balaban J connectivity index is 2.33. The van der Waals surface area contributed by atoms with Crippen LogP contribution in [-0.2, 0) is 4.84 Å². The van der Waals surface area contributed by atoms with Gasteiger partial charge < -0.3 is 9.74 Å². The average Bonchev–Trinajstić information content (AvgIpc) is 2.65. The molecule has 2 rings (SSSR count). The fourth-order valence-corrected chi connectivity index (χ4v) is 3.04. The molecule has 1 aliphatic heterocycles. The van der Waals surface area contributed by atoms with Crippen LogP contribution in [0.2, 0.25) is 0 Å². The summed E-state index contributed by atoms with van der Waals surface area (Å²) < 4.78 is 0. The maximum atomic E-state index is 5.22. The Labute approximate surface area is 104 Å². The van der Waals surface area contributed by atoms with Gasteiger partial charge in [-0.1, -0.05) is 17.7 Å². The molecule has 0 radical (unpaired) electrons. The van der Waals surface area contributed by atoms with Gasteiger partial charge in [0.2, 0.25) is 0 Å². The van der Waals surface area contributed by atoms with Crippen molar-refractivity contribution < 1.29 is 4.84 Å². The minimum Gasteiger partial charge on any atom is -0.366 e. The lowest BCUT2D eigenvalue weighted by atomic mass is 10.0. The molecule has 3 heteroatoms. The second-order valence-electron chi connectivity index (χ2n) is 5.07. The van der Waals surface area contributed by atoms with Crippen LogP contribution in [0.4, 0.5) is 5.69 Å². The molecule has 1 aromatic rings. The lowest BCUT2D eigenvalue weighted by molar-refractivity contribution is 0.124. The fraction of sp³-hybridized carbons (Fsp3) is 0.571. The first-order valence-electron chi connectivity index (χ1n) is 6.29. The summed E-state index contributed by atoms with van der Waals surface area (Å²) in [6.07, 6.45) is 2.39. The molecule has 3 nitrogen and oxygen atoms in total. The van der Waals surface area contributed by atoms with Crippen molar-refractivity contribution >= 4 is 5.69 Å². The normalized spacial score (nSPS) is 20.0. The van der Waals surface area contributed by atoms with E-state index >= 15 is 0 Å². The SMILES string of the molecule is Cc1cc(C)c(N2CCCC2CON)c(C)c1. The summed E-state index contributed by atoms with van der Waals surface area (Å²) in [5.41, 5.74) is 5.41. The first-order valence-corrected chi connectivity index (χ1v) is 6.29. The van der Waals surface area contributed by atoms with E-state index in [1.54, 1.807) is 0 Å². The Bertz CT molecular complexity index is 380. The number of hydrogen-bond acceptors (Lipinski definition) is 3. The summed E-state index contributed by atoms with van der Waals surface area (Å²) in [6.45, 7) is 8.25. The van der Waals surface area contributed by atoms with E-state index in [9.17, 15) is 0 Å². The molecule has 1 unspecified atom stereocenters. The number of aryl methyl sites for hydroxylation is 3. The second-order valence-corrected chi connectivity index (χ2v) is 5.07. The van der Waals surface area contributed by atoms with Crippen molar-refractivity contribution in [1.82, 2.24) is 0 Å². The molecule has 94 valence electrons. The number of rotatable bonds is 3. The average molecular weight is 234 g/mol. The van der Waals surface area contributed by atoms with E-state index in [0.717, 1.165) is 6.54 Å². The van der Waals surface area contributed by atoms with Crippen molar-refractivity contribution in [2.75, 3.05) is 18.1 Å². The smallest absolute Gasteiger partial charge is 0.0882 e. The molecular weight excluding hydrogens is 212 g/mol. The molecular formula is C14H22N2O. The van der Waals surface area contributed by atoms with Gasteiger partial charge >= 0.3 is 0 Å². The van der Waals surface area contributed by atoms with Gasteiger partial charge in [0.25, 0.3) is 0 Å². The van der Waals surface area contributed by atoms with Gasteiger partial charge in [-0.05, 0) is 44.7 Å². The first kappa shape index (κ1) is 12.4. The summed E-state index contributed by atoms with van der Waals surface area (Å²) in [5.74, 6) is 5.22. The van der Waals surface area contributed by atoms with E-state index in [2.05, 4.69) is 37.8 Å². The van der Waals surface area contributed by atoms with Crippen molar-refractivity contribution in [3.63, 3.8) is 0 Å². The van der Waals surface area contributed by atoms with Gasteiger partial charge in [-0.2, -0.15) is 0 Å². The molecule has 0 saturated carbocycles. The maximum Gasteiger partial charge on any atom is 0.0882 e. The van der Waals surface area contributed by atoms with Gasteiger partial charge in [-0.3, -0.25) is 0 Å². The molecule has 0 spiro atoms. The zero-order valence-electron chi connectivity index (χ0n) is 11.0. The van der Waals surface area contributed by atoms with Crippen LogP contribution < -0.4 is 10.8 Å². The number of anilines is 1. The third kappa shape index (κ3) is 2.45. The second kappa shape index (κ2) is 5.07. The van der Waals surface area contributed by atoms with Gasteiger partial charge in [-0.15, -0.1) is 0 Å². The lowest BCUT2D eigenvalue weighted by Gasteiger charge is -2.29. The van der Waals surface area contributed by atoms with Crippen LogP contribution in [0.5, 0.6) is 0 Å². The number of benzene rings is 1. The molecule has 0 amide bonds. The zero-order valence-corrected chi connectivity index (χ0v) is 11.0. The van der Waals surface area contributed by atoms with E-state index < -0.39 is 0 Å². The van der Waals surface area contributed by atoms with Crippen molar-refractivity contribution in [3.05, 3.63) is 28.8 Å². The Morgan fingerprint density at radius 1 is 1.29 bits per heavy atom. The highest BCUT2D eigenvalue weighted by Crippen LogP contribution is 2.32. The summed E-state index contributed by atoms with van der Waals surface area (Å²) in [7, 11) is 0. The maximum absolute atomic E-state index is 5.22. The molecule has 1 saturated heterocycles. The third-order valence-electron chi connectivity index (χ3n) is 3.59. The molecule has 1 heterocycles.